The van der Waals surface area contributed by atoms with Crippen LogP contribution in [0.15, 0.2) is 0 Å². The molecule has 2 aliphatic rings. The van der Waals surface area contributed by atoms with Gasteiger partial charge in [0.2, 0.25) is 17.8 Å². The summed E-state index contributed by atoms with van der Waals surface area (Å²) in [5, 5.41) is 3.29. The van der Waals surface area contributed by atoms with Crippen LogP contribution in [0.25, 0.3) is 0 Å². The van der Waals surface area contributed by atoms with Crippen molar-refractivity contribution in [2.45, 2.75) is 6.42 Å². The maximum absolute atomic E-state index is 5.79. The maximum atomic E-state index is 5.79. The van der Waals surface area contributed by atoms with E-state index in [-0.39, 0.29) is 5.95 Å². The number of ether oxygens (including phenoxy) is 1. The van der Waals surface area contributed by atoms with Crippen molar-refractivity contribution < 1.29 is 4.74 Å². The van der Waals surface area contributed by atoms with Gasteiger partial charge in [0.1, 0.15) is 0 Å². The van der Waals surface area contributed by atoms with Gasteiger partial charge in [-0.3, -0.25) is 0 Å². The molecule has 0 amide bonds. The molecule has 2 fully saturated rings. The molecule has 1 unspecified atom stereocenters. The molecule has 0 aliphatic carbocycles. The van der Waals surface area contributed by atoms with Gasteiger partial charge in [-0.05, 0) is 23.8 Å². The highest BCUT2D eigenvalue weighted by molar-refractivity contribution is 7.99. The minimum Gasteiger partial charge on any atom is -0.378 e. The van der Waals surface area contributed by atoms with Crippen LogP contribution in [0.1, 0.15) is 6.42 Å². The number of anilines is 3. The van der Waals surface area contributed by atoms with Crippen molar-refractivity contribution >= 4 is 29.6 Å². The number of aromatic nitrogens is 3. The van der Waals surface area contributed by atoms with Gasteiger partial charge in [0, 0.05) is 19.6 Å². The first kappa shape index (κ1) is 13.7. The van der Waals surface area contributed by atoms with E-state index in [9.17, 15) is 0 Å². The zero-order valence-electron chi connectivity index (χ0n) is 11.4. The van der Waals surface area contributed by atoms with Crippen LogP contribution in [0.3, 0.4) is 0 Å². The molecule has 2 aliphatic heterocycles. The fraction of sp³-hybridized carbons (Fsp3) is 0.750. The number of morpholine rings is 1. The number of nitrogen functional groups attached to an aromatic ring is 1. The summed E-state index contributed by atoms with van der Waals surface area (Å²) >= 11 is 2.01. The fourth-order valence-corrected chi connectivity index (χ4v) is 3.63. The van der Waals surface area contributed by atoms with Crippen LogP contribution in [0.2, 0.25) is 0 Å². The molecule has 0 radical (unpaired) electrons. The Labute approximate surface area is 122 Å². The van der Waals surface area contributed by atoms with E-state index in [1.165, 1.54) is 17.9 Å². The quantitative estimate of drug-likeness (QED) is 0.828. The molecule has 20 heavy (non-hydrogen) atoms. The van der Waals surface area contributed by atoms with Crippen LogP contribution in [0.5, 0.6) is 0 Å². The highest BCUT2D eigenvalue weighted by Gasteiger charge is 2.18. The van der Waals surface area contributed by atoms with Crippen LogP contribution >= 0.6 is 11.8 Å². The summed E-state index contributed by atoms with van der Waals surface area (Å²) in [5.74, 6) is 4.66. The van der Waals surface area contributed by atoms with Crippen LogP contribution in [-0.2, 0) is 4.74 Å². The number of nitrogens with two attached hydrogens (primary N) is 1. The molecule has 1 aromatic heterocycles. The molecule has 8 heteroatoms. The lowest BCUT2D eigenvalue weighted by Crippen LogP contribution is -2.37. The second kappa shape index (κ2) is 6.45. The normalized spacial score (nSPS) is 23.0. The third kappa shape index (κ3) is 3.43. The van der Waals surface area contributed by atoms with Crippen molar-refractivity contribution in [3.8, 4) is 0 Å². The van der Waals surface area contributed by atoms with Gasteiger partial charge >= 0.3 is 0 Å². The summed E-state index contributed by atoms with van der Waals surface area (Å²) in [4.78, 5) is 14.9. The predicted octanol–water partition coefficient (Wildman–Crippen LogP) is 0.455. The van der Waals surface area contributed by atoms with E-state index in [2.05, 4.69) is 25.2 Å². The Hall–Kier alpha value is -1.28. The molecule has 3 heterocycles. The zero-order valence-corrected chi connectivity index (χ0v) is 12.2. The molecule has 0 aromatic carbocycles. The molecule has 3 N–H and O–H groups in total. The molecule has 1 aromatic rings. The Bertz CT molecular complexity index is 448. The summed E-state index contributed by atoms with van der Waals surface area (Å²) in [6.45, 7) is 3.89. The van der Waals surface area contributed by atoms with Gasteiger partial charge in [0.05, 0.1) is 13.2 Å². The SMILES string of the molecule is Nc1nc(NCC2CCSC2)nc(N2CCOCC2)n1. The third-order valence-corrected chi connectivity index (χ3v) is 4.74. The second-order valence-corrected chi connectivity index (χ2v) is 6.18. The summed E-state index contributed by atoms with van der Waals surface area (Å²) in [6, 6.07) is 0. The molecule has 110 valence electrons. The Morgan fingerprint density at radius 2 is 2.15 bits per heavy atom. The van der Waals surface area contributed by atoms with E-state index in [0.717, 1.165) is 19.6 Å². The van der Waals surface area contributed by atoms with Crippen LogP contribution in [-0.4, -0.2) is 59.3 Å². The van der Waals surface area contributed by atoms with Gasteiger partial charge < -0.3 is 20.7 Å². The van der Waals surface area contributed by atoms with Gasteiger partial charge in [-0.2, -0.15) is 26.7 Å². The van der Waals surface area contributed by atoms with E-state index in [0.29, 0.717) is 31.0 Å². The van der Waals surface area contributed by atoms with Gasteiger partial charge in [0.15, 0.2) is 0 Å². The monoisotopic (exact) mass is 296 g/mol. The smallest absolute Gasteiger partial charge is 0.232 e. The number of thioether (sulfide) groups is 1. The van der Waals surface area contributed by atoms with Gasteiger partial charge in [0.25, 0.3) is 0 Å². The van der Waals surface area contributed by atoms with Crippen molar-refractivity contribution in [3.05, 3.63) is 0 Å². The van der Waals surface area contributed by atoms with Crippen molar-refractivity contribution in [1.82, 2.24) is 15.0 Å². The first-order valence-electron chi connectivity index (χ1n) is 6.97. The maximum Gasteiger partial charge on any atom is 0.232 e. The summed E-state index contributed by atoms with van der Waals surface area (Å²) in [7, 11) is 0. The van der Waals surface area contributed by atoms with Crippen LogP contribution in [0.4, 0.5) is 17.8 Å². The van der Waals surface area contributed by atoms with Crippen LogP contribution in [0, 0.1) is 5.92 Å². The zero-order chi connectivity index (χ0) is 13.8. The minimum absolute atomic E-state index is 0.268. The topological polar surface area (TPSA) is 89.2 Å². The Kier molecular flexibility index (Phi) is 4.41. The Balaban J connectivity index is 1.65. The van der Waals surface area contributed by atoms with Crippen molar-refractivity contribution in [2.24, 2.45) is 5.92 Å². The largest absolute Gasteiger partial charge is 0.378 e. The number of hydrogen-bond acceptors (Lipinski definition) is 8. The average Bonchev–Trinajstić information content (AvgIpc) is 2.99. The molecule has 7 nitrogen and oxygen atoms in total. The van der Waals surface area contributed by atoms with E-state index >= 15 is 0 Å². The third-order valence-electron chi connectivity index (χ3n) is 3.51. The number of nitrogens with zero attached hydrogens (tertiary/aromatic N) is 4. The Morgan fingerprint density at radius 1 is 1.30 bits per heavy atom. The van der Waals surface area contributed by atoms with Gasteiger partial charge in [-0.1, -0.05) is 0 Å². The first-order valence-corrected chi connectivity index (χ1v) is 8.12. The number of nitrogens with one attached hydrogen (secondary N) is 1. The highest BCUT2D eigenvalue weighted by atomic mass is 32.2. The highest BCUT2D eigenvalue weighted by Crippen LogP contribution is 2.23. The lowest BCUT2D eigenvalue weighted by molar-refractivity contribution is 0.122. The first-order chi connectivity index (χ1) is 9.81. The fourth-order valence-electron chi connectivity index (χ4n) is 2.34. The number of hydrogen-bond donors (Lipinski definition) is 2. The summed E-state index contributed by atoms with van der Waals surface area (Å²) < 4.78 is 5.33. The number of rotatable bonds is 4. The van der Waals surface area contributed by atoms with Gasteiger partial charge in [-0.15, -0.1) is 0 Å². The summed E-state index contributed by atoms with van der Waals surface area (Å²) in [6.07, 6.45) is 1.26. The van der Waals surface area contributed by atoms with Crippen molar-refractivity contribution in [2.75, 3.05) is 60.3 Å². The molecular formula is C12H20N6OS. The molecule has 1 atom stereocenters. The average molecular weight is 296 g/mol. The van der Waals surface area contributed by atoms with E-state index in [4.69, 9.17) is 10.5 Å². The van der Waals surface area contributed by atoms with Crippen molar-refractivity contribution in [3.63, 3.8) is 0 Å². The molecule has 0 spiro atoms. The van der Waals surface area contributed by atoms with E-state index in [1.807, 2.05) is 11.8 Å². The molecular weight excluding hydrogens is 276 g/mol. The Morgan fingerprint density at radius 3 is 2.90 bits per heavy atom. The standard InChI is InChI=1S/C12H20N6OS/c13-10-15-11(14-7-9-1-6-20-8-9)17-12(16-10)18-2-4-19-5-3-18/h9H,1-8H2,(H3,13,14,15,16,17). The minimum atomic E-state index is 0.268. The van der Waals surface area contributed by atoms with E-state index in [1.54, 1.807) is 0 Å². The lowest BCUT2D eigenvalue weighted by Gasteiger charge is -2.26. The van der Waals surface area contributed by atoms with Gasteiger partial charge in [-0.25, -0.2) is 0 Å². The van der Waals surface area contributed by atoms with Crippen LogP contribution < -0.4 is 16.0 Å². The molecule has 3 rings (SSSR count). The molecule has 0 saturated carbocycles. The summed E-state index contributed by atoms with van der Waals surface area (Å²) in [5.41, 5.74) is 5.79. The van der Waals surface area contributed by atoms with E-state index < -0.39 is 0 Å². The second-order valence-electron chi connectivity index (χ2n) is 5.03. The molecule has 2 saturated heterocycles. The molecule has 0 bridgehead atoms. The predicted molar refractivity (Wildman–Crippen MR) is 81.2 cm³/mol. The lowest BCUT2D eigenvalue weighted by atomic mass is 10.1. The van der Waals surface area contributed by atoms with Crippen molar-refractivity contribution in [1.29, 1.82) is 0 Å².